The van der Waals surface area contributed by atoms with Crippen molar-refractivity contribution in [2.45, 2.75) is 6.92 Å². The number of esters is 1. The normalized spacial score (nSPS) is 11.8. The van der Waals surface area contributed by atoms with Crippen LogP contribution in [0.2, 0.25) is 5.02 Å². The van der Waals surface area contributed by atoms with Crippen molar-refractivity contribution in [1.82, 2.24) is 4.31 Å². The predicted molar refractivity (Wildman–Crippen MR) is 83.7 cm³/mol. The van der Waals surface area contributed by atoms with Gasteiger partial charge in [-0.1, -0.05) is 23.7 Å². The van der Waals surface area contributed by atoms with Gasteiger partial charge in [-0.15, -0.1) is 0 Å². The Labute approximate surface area is 134 Å². The fraction of sp³-hybridized carbons (Fsp3) is 0.286. The molecular formula is C14H16ClNO5S. The molecule has 0 unspecified atom stereocenters. The Hall–Kier alpha value is -1.70. The van der Waals surface area contributed by atoms with Crippen LogP contribution in [-0.2, 0) is 24.3 Å². The molecule has 0 heterocycles. The summed E-state index contributed by atoms with van der Waals surface area (Å²) < 4.78 is 29.7. The van der Waals surface area contributed by atoms with Crippen LogP contribution in [0.3, 0.4) is 0 Å². The number of hydrogen-bond donors (Lipinski definition) is 0. The average Bonchev–Trinajstić information content (AvgIpc) is 2.46. The minimum Gasteiger partial charge on any atom is -0.465 e. The van der Waals surface area contributed by atoms with Gasteiger partial charge in [0.15, 0.2) is 0 Å². The van der Waals surface area contributed by atoms with E-state index in [9.17, 15) is 18.0 Å². The molecule has 0 aliphatic heterocycles. The fourth-order valence-corrected chi connectivity index (χ4v) is 2.70. The highest BCUT2D eigenvalue weighted by Crippen LogP contribution is 2.12. The smallest absolute Gasteiger partial charge is 0.321 e. The van der Waals surface area contributed by atoms with Gasteiger partial charge in [-0.3, -0.25) is 4.79 Å². The summed E-state index contributed by atoms with van der Waals surface area (Å²) >= 11 is 5.74. The quantitative estimate of drug-likeness (QED) is 0.529. The van der Waals surface area contributed by atoms with E-state index < -0.39 is 29.1 Å². The van der Waals surface area contributed by atoms with E-state index in [2.05, 4.69) is 0 Å². The van der Waals surface area contributed by atoms with Crippen LogP contribution in [0.5, 0.6) is 0 Å². The zero-order chi connectivity index (χ0) is 16.6. The largest absolute Gasteiger partial charge is 0.465 e. The molecule has 0 N–H and O–H groups in total. The number of hydrogen-bond acceptors (Lipinski definition) is 5. The minimum absolute atomic E-state index is 0.133. The van der Waals surface area contributed by atoms with E-state index in [1.54, 1.807) is 31.2 Å². The van der Waals surface area contributed by atoms with Crippen LogP contribution in [0.15, 0.2) is 29.7 Å². The SMILES string of the molecule is CCOC(=O)CN(CC=O)S(=O)(=O)C=Cc1ccc(Cl)cc1. The van der Waals surface area contributed by atoms with Crippen molar-refractivity contribution in [3.05, 3.63) is 40.3 Å². The molecule has 0 atom stereocenters. The van der Waals surface area contributed by atoms with Gasteiger partial charge >= 0.3 is 5.97 Å². The first kappa shape index (κ1) is 18.3. The maximum Gasteiger partial charge on any atom is 0.321 e. The molecule has 0 saturated heterocycles. The first-order valence-electron chi connectivity index (χ1n) is 6.42. The number of carbonyl (C=O) groups excluding carboxylic acids is 2. The lowest BCUT2D eigenvalue weighted by atomic mass is 10.2. The highest BCUT2D eigenvalue weighted by atomic mass is 35.5. The molecule has 0 bridgehead atoms. The molecule has 1 aromatic carbocycles. The first-order valence-corrected chi connectivity index (χ1v) is 8.30. The van der Waals surface area contributed by atoms with E-state index in [1.807, 2.05) is 0 Å². The van der Waals surface area contributed by atoms with Crippen molar-refractivity contribution in [3.8, 4) is 0 Å². The van der Waals surface area contributed by atoms with Crippen LogP contribution in [0.4, 0.5) is 0 Å². The number of aldehydes is 1. The summed E-state index contributed by atoms with van der Waals surface area (Å²) in [5.74, 6) is -0.715. The van der Waals surface area contributed by atoms with Gasteiger partial charge in [0.1, 0.15) is 12.8 Å². The third-order valence-electron chi connectivity index (χ3n) is 2.55. The lowest BCUT2D eigenvalue weighted by molar-refractivity contribution is -0.143. The second-order valence-corrected chi connectivity index (χ2v) is 6.42. The molecule has 0 aliphatic rings. The van der Waals surface area contributed by atoms with Crippen molar-refractivity contribution in [2.75, 3.05) is 19.7 Å². The molecule has 1 aromatic rings. The highest BCUT2D eigenvalue weighted by Gasteiger charge is 2.22. The second kappa shape index (κ2) is 8.67. The monoisotopic (exact) mass is 345 g/mol. The van der Waals surface area contributed by atoms with Crippen molar-refractivity contribution < 1.29 is 22.7 Å². The average molecular weight is 346 g/mol. The van der Waals surface area contributed by atoms with Crippen LogP contribution in [0.1, 0.15) is 12.5 Å². The zero-order valence-corrected chi connectivity index (χ0v) is 13.5. The fourth-order valence-electron chi connectivity index (χ4n) is 1.52. The molecule has 0 amide bonds. The summed E-state index contributed by atoms with van der Waals surface area (Å²) in [6.07, 6.45) is 1.77. The lowest BCUT2D eigenvalue weighted by Gasteiger charge is -2.16. The molecule has 22 heavy (non-hydrogen) atoms. The van der Waals surface area contributed by atoms with E-state index in [1.165, 1.54) is 6.08 Å². The number of rotatable bonds is 8. The number of carbonyl (C=O) groups is 2. The molecule has 0 radical (unpaired) electrons. The maximum atomic E-state index is 12.1. The summed E-state index contributed by atoms with van der Waals surface area (Å²) in [6, 6.07) is 6.53. The summed E-state index contributed by atoms with van der Waals surface area (Å²) in [7, 11) is -3.92. The highest BCUT2D eigenvalue weighted by molar-refractivity contribution is 7.92. The third-order valence-corrected chi connectivity index (χ3v) is 4.28. The summed E-state index contributed by atoms with van der Waals surface area (Å²) in [5, 5.41) is 1.46. The first-order chi connectivity index (χ1) is 10.4. The van der Waals surface area contributed by atoms with Crippen molar-refractivity contribution >= 4 is 40.0 Å². The number of ether oxygens (including phenoxy) is 1. The maximum absolute atomic E-state index is 12.1. The Balaban J connectivity index is 2.89. The van der Waals surface area contributed by atoms with Crippen LogP contribution < -0.4 is 0 Å². The van der Waals surface area contributed by atoms with Crippen molar-refractivity contribution in [2.24, 2.45) is 0 Å². The number of nitrogens with zero attached hydrogens (tertiary/aromatic N) is 1. The number of halogens is 1. The van der Waals surface area contributed by atoms with Crippen LogP contribution in [-0.4, -0.2) is 44.7 Å². The topological polar surface area (TPSA) is 80.8 Å². The summed E-state index contributed by atoms with van der Waals surface area (Å²) in [5.41, 5.74) is 0.621. The van der Waals surface area contributed by atoms with Gasteiger partial charge in [0.2, 0.25) is 10.0 Å². The number of benzene rings is 1. The van der Waals surface area contributed by atoms with Gasteiger partial charge in [-0.05, 0) is 30.7 Å². The van der Waals surface area contributed by atoms with Gasteiger partial charge in [0, 0.05) is 10.4 Å². The van der Waals surface area contributed by atoms with E-state index in [0.29, 0.717) is 16.9 Å². The second-order valence-electron chi connectivity index (χ2n) is 4.16. The third kappa shape index (κ3) is 5.97. The molecule has 0 aromatic heterocycles. The molecule has 8 heteroatoms. The van der Waals surface area contributed by atoms with Gasteiger partial charge in [-0.2, -0.15) is 4.31 Å². The van der Waals surface area contributed by atoms with Crippen LogP contribution in [0.25, 0.3) is 6.08 Å². The van der Waals surface area contributed by atoms with Crippen LogP contribution in [0, 0.1) is 0 Å². The van der Waals surface area contributed by atoms with E-state index in [0.717, 1.165) is 9.71 Å². The van der Waals surface area contributed by atoms with Crippen LogP contribution >= 0.6 is 11.6 Å². The molecule has 6 nitrogen and oxygen atoms in total. The Morgan fingerprint density at radius 1 is 1.32 bits per heavy atom. The van der Waals surface area contributed by atoms with Crippen molar-refractivity contribution in [1.29, 1.82) is 0 Å². The molecule has 1 rings (SSSR count). The molecule has 0 saturated carbocycles. The van der Waals surface area contributed by atoms with E-state index in [4.69, 9.17) is 16.3 Å². The Morgan fingerprint density at radius 3 is 2.50 bits per heavy atom. The van der Waals surface area contributed by atoms with E-state index >= 15 is 0 Å². The summed E-state index contributed by atoms with van der Waals surface area (Å²) in [4.78, 5) is 22.0. The zero-order valence-electron chi connectivity index (χ0n) is 11.9. The molecule has 0 fully saturated rings. The Kier molecular flexibility index (Phi) is 7.23. The van der Waals surface area contributed by atoms with E-state index in [-0.39, 0.29) is 6.61 Å². The Bertz CT molecular complexity index is 640. The van der Waals surface area contributed by atoms with Gasteiger partial charge in [0.05, 0.1) is 13.2 Å². The van der Waals surface area contributed by atoms with Gasteiger partial charge in [0.25, 0.3) is 0 Å². The lowest BCUT2D eigenvalue weighted by Crippen LogP contribution is -2.36. The number of sulfonamides is 1. The standard InChI is InChI=1S/C14H16ClNO5S/c1-2-21-14(18)11-16(8-9-17)22(19,20)10-7-12-3-5-13(15)6-4-12/h3-7,9-10H,2,8,11H2,1H3. The van der Waals surface area contributed by atoms with Gasteiger partial charge in [-0.25, -0.2) is 8.42 Å². The minimum atomic E-state index is -3.92. The van der Waals surface area contributed by atoms with Crippen molar-refractivity contribution in [3.63, 3.8) is 0 Å². The predicted octanol–water partition coefficient (Wildman–Crippen LogP) is 1.70. The summed E-state index contributed by atoms with van der Waals surface area (Å²) in [6.45, 7) is 0.803. The molecule has 120 valence electrons. The molecule has 0 spiro atoms. The molecular weight excluding hydrogens is 330 g/mol. The Morgan fingerprint density at radius 2 is 1.95 bits per heavy atom. The van der Waals surface area contributed by atoms with Gasteiger partial charge < -0.3 is 9.53 Å². The molecule has 0 aliphatic carbocycles.